The Hall–Kier alpha value is -2.44. The lowest BCUT2D eigenvalue weighted by Crippen LogP contribution is -2.32. The normalized spacial score (nSPS) is 12.6. The molecular formula is C22H28N2O3S. The molecule has 5 nitrogen and oxygen atoms in total. The number of nitrogens with one attached hydrogen (secondary N) is 1. The van der Waals surface area contributed by atoms with E-state index in [1.54, 1.807) is 54.6 Å². The number of aryl methyl sites for hydroxylation is 1. The first kappa shape index (κ1) is 21.9. The third kappa shape index (κ3) is 5.53. The molecule has 0 heterocycles. The van der Waals surface area contributed by atoms with Crippen molar-refractivity contribution in [2.24, 2.45) is 0 Å². The van der Waals surface area contributed by atoms with Crippen LogP contribution in [0.25, 0.3) is 0 Å². The van der Waals surface area contributed by atoms with Crippen LogP contribution in [0.3, 0.4) is 0 Å². The summed E-state index contributed by atoms with van der Waals surface area (Å²) in [5, 5.41) is 2.92. The van der Waals surface area contributed by atoms with Crippen molar-refractivity contribution >= 4 is 15.9 Å². The summed E-state index contributed by atoms with van der Waals surface area (Å²) in [6.07, 6.45) is 2.43. The van der Waals surface area contributed by atoms with Gasteiger partial charge in [-0.1, -0.05) is 42.8 Å². The molecule has 0 spiro atoms. The van der Waals surface area contributed by atoms with Gasteiger partial charge in [0.05, 0.1) is 4.90 Å². The average molecular weight is 401 g/mol. The zero-order chi connectivity index (χ0) is 20.7. The minimum atomic E-state index is -3.64. The molecule has 0 fully saturated rings. The second-order valence-corrected chi connectivity index (χ2v) is 8.82. The minimum Gasteiger partial charge on any atom is -0.350 e. The zero-order valence-electron chi connectivity index (χ0n) is 16.7. The molecular weight excluding hydrogens is 372 g/mol. The summed E-state index contributed by atoms with van der Waals surface area (Å²) in [7, 11) is -3.64. The van der Waals surface area contributed by atoms with Crippen molar-refractivity contribution in [2.45, 2.75) is 44.7 Å². The van der Waals surface area contributed by atoms with Crippen LogP contribution in [0.1, 0.15) is 41.8 Å². The van der Waals surface area contributed by atoms with E-state index in [4.69, 9.17) is 0 Å². The molecule has 2 rings (SSSR count). The Morgan fingerprint density at radius 2 is 1.75 bits per heavy atom. The van der Waals surface area contributed by atoms with Gasteiger partial charge in [-0.3, -0.25) is 4.79 Å². The SMILES string of the molecule is C=CCN(Cc1ccc(C(=O)NC(C)CC)cc1)S(=O)(=O)c1ccc(C)cc1. The first-order chi connectivity index (χ1) is 13.3. The van der Waals surface area contributed by atoms with Crippen LogP contribution in [0, 0.1) is 6.92 Å². The second kappa shape index (κ2) is 9.66. The van der Waals surface area contributed by atoms with Gasteiger partial charge in [0.15, 0.2) is 0 Å². The number of hydrogen-bond donors (Lipinski definition) is 1. The molecule has 0 aliphatic carbocycles. The molecule has 1 atom stereocenters. The number of carbonyl (C=O) groups excluding carboxylic acids is 1. The van der Waals surface area contributed by atoms with Gasteiger partial charge in [0.1, 0.15) is 0 Å². The van der Waals surface area contributed by atoms with E-state index in [2.05, 4.69) is 11.9 Å². The lowest BCUT2D eigenvalue weighted by Gasteiger charge is -2.21. The Bertz CT molecular complexity index is 904. The summed E-state index contributed by atoms with van der Waals surface area (Å²) >= 11 is 0. The van der Waals surface area contributed by atoms with Gasteiger partial charge in [0.2, 0.25) is 10.0 Å². The topological polar surface area (TPSA) is 66.5 Å². The van der Waals surface area contributed by atoms with Crippen molar-refractivity contribution in [2.75, 3.05) is 6.54 Å². The summed E-state index contributed by atoms with van der Waals surface area (Å²) in [6.45, 7) is 9.96. The predicted octanol–water partition coefficient (Wildman–Crippen LogP) is 3.90. The van der Waals surface area contributed by atoms with Gasteiger partial charge in [0, 0.05) is 24.7 Å². The molecule has 2 aromatic carbocycles. The fourth-order valence-electron chi connectivity index (χ4n) is 2.63. The van der Waals surface area contributed by atoms with Crippen LogP contribution >= 0.6 is 0 Å². The molecule has 1 N–H and O–H groups in total. The van der Waals surface area contributed by atoms with Crippen molar-refractivity contribution < 1.29 is 13.2 Å². The lowest BCUT2D eigenvalue weighted by atomic mass is 10.1. The van der Waals surface area contributed by atoms with Gasteiger partial charge in [-0.15, -0.1) is 6.58 Å². The van der Waals surface area contributed by atoms with Crippen LogP contribution in [0.15, 0.2) is 66.1 Å². The zero-order valence-corrected chi connectivity index (χ0v) is 17.5. The summed E-state index contributed by atoms with van der Waals surface area (Å²) in [6, 6.07) is 13.9. The average Bonchev–Trinajstić information content (AvgIpc) is 2.68. The van der Waals surface area contributed by atoms with E-state index in [1.165, 1.54) is 4.31 Å². The minimum absolute atomic E-state index is 0.106. The number of nitrogens with zero attached hydrogens (tertiary/aromatic N) is 1. The van der Waals surface area contributed by atoms with Crippen LogP contribution in [0.4, 0.5) is 0 Å². The number of amides is 1. The summed E-state index contributed by atoms with van der Waals surface area (Å²) in [4.78, 5) is 12.4. The van der Waals surface area contributed by atoms with E-state index in [1.807, 2.05) is 20.8 Å². The molecule has 0 aliphatic heterocycles. The first-order valence-corrected chi connectivity index (χ1v) is 10.8. The quantitative estimate of drug-likeness (QED) is 0.649. The van der Waals surface area contributed by atoms with Crippen LogP contribution in [-0.4, -0.2) is 31.2 Å². The Morgan fingerprint density at radius 1 is 1.14 bits per heavy atom. The largest absolute Gasteiger partial charge is 0.350 e. The number of hydrogen-bond acceptors (Lipinski definition) is 3. The van der Waals surface area contributed by atoms with Crippen molar-refractivity contribution in [3.63, 3.8) is 0 Å². The third-order valence-electron chi connectivity index (χ3n) is 4.56. The molecule has 1 amide bonds. The van der Waals surface area contributed by atoms with Gasteiger partial charge in [-0.05, 0) is 50.1 Å². The van der Waals surface area contributed by atoms with Crippen LogP contribution in [0.2, 0.25) is 0 Å². The van der Waals surface area contributed by atoms with Gasteiger partial charge < -0.3 is 5.32 Å². The smallest absolute Gasteiger partial charge is 0.251 e. The van der Waals surface area contributed by atoms with Crippen molar-refractivity contribution in [1.29, 1.82) is 0 Å². The molecule has 0 aliphatic rings. The Kier molecular flexibility index (Phi) is 7.54. The summed E-state index contributed by atoms with van der Waals surface area (Å²) < 4.78 is 27.3. The number of sulfonamides is 1. The van der Waals surface area contributed by atoms with Crippen LogP contribution in [-0.2, 0) is 16.6 Å². The lowest BCUT2D eigenvalue weighted by molar-refractivity contribution is 0.0939. The Morgan fingerprint density at radius 3 is 2.29 bits per heavy atom. The molecule has 0 saturated carbocycles. The maximum atomic E-state index is 13.0. The molecule has 2 aromatic rings. The maximum Gasteiger partial charge on any atom is 0.251 e. The van der Waals surface area contributed by atoms with E-state index < -0.39 is 10.0 Å². The number of rotatable bonds is 9. The van der Waals surface area contributed by atoms with Crippen LogP contribution in [0.5, 0.6) is 0 Å². The Labute approximate surface area is 168 Å². The second-order valence-electron chi connectivity index (χ2n) is 6.88. The fourth-order valence-corrected chi connectivity index (χ4v) is 4.02. The van der Waals surface area contributed by atoms with Crippen molar-refractivity contribution in [3.8, 4) is 0 Å². The van der Waals surface area contributed by atoms with E-state index in [0.29, 0.717) is 5.56 Å². The van der Waals surface area contributed by atoms with Gasteiger partial charge >= 0.3 is 0 Å². The first-order valence-electron chi connectivity index (χ1n) is 9.35. The molecule has 1 unspecified atom stereocenters. The van der Waals surface area contributed by atoms with Gasteiger partial charge in [-0.25, -0.2) is 8.42 Å². The number of benzene rings is 2. The monoisotopic (exact) mass is 400 g/mol. The summed E-state index contributed by atoms with van der Waals surface area (Å²) in [5.41, 5.74) is 2.36. The van der Waals surface area contributed by atoms with E-state index in [-0.39, 0.29) is 29.9 Å². The molecule has 6 heteroatoms. The summed E-state index contributed by atoms with van der Waals surface area (Å²) in [5.74, 6) is -0.129. The molecule has 0 radical (unpaired) electrons. The molecule has 150 valence electrons. The molecule has 0 bridgehead atoms. The van der Waals surface area contributed by atoms with E-state index in [0.717, 1.165) is 17.5 Å². The molecule has 0 saturated heterocycles. The van der Waals surface area contributed by atoms with Crippen LogP contribution < -0.4 is 5.32 Å². The molecule has 28 heavy (non-hydrogen) atoms. The maximum absolute atomic E-state index is 13.0. The highest BCUT2D eigenvalue weighted by Gasteiger charge is 2.23. The highest BCUT2D eigenvalue weighted by molar-refractivity contribution is 7.89. The van der Waals surface area contributed by atoms with Crippen molar-refractivity contribution in [1.82, 2.24) is 9.62 Å². The highest BCUT2D eigenvalue weighted by Crippen LogP contribution is 2.19. The van der Waals surface area contributed by atoms with Crippen molar-refractivity contribution in [3.05, 3.63) is 77.9 Å². The highest BCUT2D eigenvalue weighted by atomic mass is 32.2. The van der Waals surface area contributed by atoms with E-state index in [9.17, 15) is 13.2 Å². The predicted molar refractivity (Wildman–Crippen MR) is 113 cm³/mol. The van der Waals surface area contributed by atoms with Gasteiger partial charge in [0.25, 0.3) is 5.91 Å². The fraction of sp³-hybridized carbons (Fsp3) is 0.318. The standard InChI is InChI=1S/C22H28N2O3S/c1-5-15-24(28(26,27)21-13-7-17(3)8-14-21)16-19-9-11-20(12-10-19)22(25)23-18(4)6-2/h5,7-14,18H,1,6,15-16H2,2-4H3,(H,23,25). The molecule has 0 aromatic heterocycles. The Balaban J connectivity index is 2.19. The van der Waals surface area contributed by atoms with Gasteiger partial charge in [-0.2, -0.15) is 4.31 Å². The van der Waals surface area contributed by atoms with E-state index >= 15 is 0 Å². The third-order valence-corrected chi connectivity index (χ3v) is 6.38. The number of carbonyl (C=O) groups is 1.